The van der Waals surface area contributed by atoms with Crippen LogP contribution in [0.15, 0.2) is 0 Å². The SMILES string of the molecule is CCCCOCCOCCOCCOCCOC(=O)CCCOCCCC(=O)OCCOCCOCCOCCOCCCC. The maximum atomic E-state index is 11.8. The zero-order valence-electron chi connectivity index (χ0n) is 28.1. The Hall–Kier alpha value is -1.42. The molecule has 0 aromatic heterocycles. The van der Waals surface area contributed by atoms with E-state index < -0.39 is 0 Å². The number of ether oxygens (including phenoxy) is 11. The summed E-state index contributed by atoms with van der Waals surface area (Å²) in [5.41, 5.74) is 0. The zero-order chi connectivity index (χ0) is 32.7. The molecule has 0 saturated carbocycles. The van der Waals surface area contributed by atoms with Crippen molar-refractivity contribution in [3.05, 3.63) is 0 Å². The van der Waals surface area contributed by atoms with E-state index in [-0.39, 0.29) is 38.0 Å². The van der Waals surface area contributed by atoms with Crippen LogP contribution < -0.4 is 0 Å². The average Bonchev–Trinajstić information content (AvgIpc) is 3.04. The van der Waals surface area contributed by atoms with Gasteiger partial charge in [0.25, 0.3) is 0 Å². The van der Waals surface area contributed by atoms with Gasteiger partial charge >= 0.3 is 11.9 Å². The molecule has 0 aromatic carbocycles. The van der Waals surface area contributed by atoms with Crippen LogP contribution in [0.2, 0.25) is 0 Å². The predicted octanol–water partition coefficient (Wildman–Crippen LogP) is 3.38. The number of rotatable bonds is 38. The highest BCUT2D eigenvalue weighted by Gasteiger charge is 2.05. The highest BCUT2D eigenvalue weighted by atomic mass is 16.6. The highest BCUT2D eigenvalue weighted by Crippen LogP contribution is 1.98. The maximum absolute atomic E-state index is 11.8. The molecule has 0 amide bonds. The van der Waals surface area contributed by atoms with Crippen LogP contribution in [0.5, 0.6) is 0 Å². The second kappa shape index (κ2) is 38.8. The molecule has 0 rings (SSSR count). The lowest BCUT2D eigenvalue weighted by Crippen LogP contribution is -2.15. The van der Waals surface area contributed by atoms with Crippen molar-refractivity contribution in [1.82, 2.24) is 0 Å². The number of carbonyl (C=O) groups excluding carboxylic acids is 2. The summed E-state index contributed by atoms with van der Waals surface area (Å²) in [7, 11) is 0. The van der Waals surface area contributed by atoms with Gasteiger partial charge in [0.05, 0.1) is 92.5 Å². The Morgan fingerprint density at radius 1 is 0.311 bits per heavy atom. The first-order chi connectivity index (χ1) is 22.2. The van der Waals surface area contributed by atoms with E-state index in [9.17, 15) is 9.59 Å². The minimum absolute atomic E-state index is 0.201. The van der Waals surface area contributed by atoms with Gasteiger partial charge in [0.2, 0.25) is 0 Å². The minimum Gasteiger partial charge on any atom is -0.463 e. The van der Waals surface area contributed by atoms with Crippen molar-refractivity contribution in [3.8, 4) is 0 Å². The molecule has 0 aliphatic heterocycles. The summed E-state index contributed by atoms with van der Waals surface area (Å²) in [4.78, 5) is 23.5. The largest absolute Gasteiger partial charge is 0.463 e. The smallest absolute Gasteiger partial charge is 0.305 e. The van der Waals surface area contributed by atoms with Crippen molar-refractivity contribution in [3.63, 3.8) is 0 Å². The Balaban J connectivity index is 3.24. The minimum atomic E-state index is -0.292. The van der Waals surface area contributed by atoms with Crippen molar-refractivity contribution in [2.24, 2.45) is 0 Å². The maximum Gasteiger partial charge on any atom is 0.305 e. The van der Waals surface area contributed by atoms with Crippen LogP contribution in [-0.4, -0.2) is 144 Å². The summed E-state index contributed by atoms with van der Waals surface area (Å²) in [6.07, 6.45) is 6.03. The molecule has 0 heterocycles. The van der Waals surface area contributed by atoms with E-state index in [1.165, 1.54) is 0 Å². The third-order valence-corrected chi connectivity index (χ3v) is 5.84. The topological polar surface area (TPSA) is 136 Å². The fourth-order valence-corrected chi connectivity index (χ4v) is 3.33. The summed E-state index contributed by atoms with van der Waals surface area (Å²) in [6, 6.07) is 0. The molecule has 13 heteroatoms. The summed E-state index contributed by atoms with van der Waals surface area (Å²) in [5.74, 6) is -0.584. The van der Waals surface area contributed by atoms with Crippen LogP contribution in [0.4, 0.5) is 0 Å². The molecule has 0 saturated heterocycles. The molecular formula is C32H62O13. The molecule has 45 heavy (non-hydrogen) atoms. The predicted molar refractivity (Wildman–Crippen MR) is 168 cm³/mol. The average molecular weight is 655 g/mol. The van der Waals surface area contributed by atoms with E-state index in [1.54, 1.807) is 0 Å². The molecule has 0 aliphatic rings. The molecule has 0 atom stereocenters. The Bertz CT molecular complexity index is 560. The van der Waals surface area contributed by atoms with Crippen LogP contribution in [0.1, 0.15) is 65.2 Å². The molecule has 0 aliphatic carbocycles. The monoisotopic (exact) mass is 654 g/mol. The second-order valence-electron chi connectivity index (χ2n) is 9.87. The van der Waals surface area contributed by atoms with Gasteiger partial charge in [-0.15, -0.1) is 0 Å². The van der Waals surface area contributed by atoms with Crippen LogP contribution in [-0.2, 0) is 61.7 Å². The molecule has 0 N–H and O–H groups in total. The van der Waals surface area contributed by atoms with Gasteiger partial charge in [-0.3, -0.25) is 9.59 Å². The van der Waals surface area contributed by atoms with Crippen molar-refractivity contribution >= 4 is 11.9 Å². The van der Waals surface area contributed by atoms with E-state index in [0.717, 1.165) is 38.9 Å². The number of hydrogen-bond donors (Lipinski definition) is 0. The van der Waals surface area contributed by atoms with E-state index in [4.69, 9.17) is 52.1 Å². The number of carbonyl (C=O) groups is 2. The zero-order valence-corrected chi connectivity index (χ0v) is 28.1. The number of unbranched alkanes of at least 4 members (excludes halogenated alkanes) is 2. The van der Waals surface area contributed by atoms with Gasteiger partial charge in [0.1, 0.15) is 13.2 Å². The first kappa shape index (κ1) is 43.6. The summed E-state index contributed by atoms with van der Waals surface area (Å²) in [5, 5.41) is 0. The second-order valence-corrected chi connectivity index (χ2v) is 9.87. The molecule has 13 nitrogen and oxygen atoms in total. The van der Waals surface area contributed by atoms with Gasteiger partial charge in [-0.2, -0.15) is 0 Å². The van der Waals surface area contributed by atoms with Gasteiger partial charge in [-0.25, -0.2) is 0 Å². The molecule has 0 radical (unpaired) electrons. The van der Waals surface area contributed by atoms with Crippen molar-refractivity contribution in [1.29, 1.82) is 0 Å². The molecule has 0 unspecified atom stereocenters. The van der Waals surface area contributed by atoms with Gasteiger partial charge in [0, 0.05) is 39.3 Å². The van der Waals surface area contributed by atoms with Crippen molar-refractivity contribution in [2.45, 2.75) is 65.2 Å². The quantitative estimate of drug-likeness (QED) is 0.0712. The number of esters is 2. The van der Waals surface area contributed by atoms with Crippen LogP contribution >= 0.6 is 0 Å². The van der Waals surface area contributed by atoms with E-state index in [2.05, 4.69) is 13.8 Å². The summed E-state index contributed by atoms with van der Waals surface area (Å²) < 4.78 is 59.0. The van der Waals surface area contributed by atoms with Crippen LogP contribution in [0, 0.1) is 0 Å². The molecule has 0 fully saturated rings. The fraction of sp³-hybridized carbons (Fsp3) is 0.938. The molecule has 0 bridgehead atoms. The lowest BCUT2D eigenvalue weighted by Gasteiger charge is -2.08. The lowest BCUT2D eigenvalue weighted by atomic mass is 10.3. The van der Waals surface area contributed by atoms with E-state index in [0.29, 0.717) is 119 Å². The highest BCUT2D eigenvalue weighted by molar-refractivity contribution is 5.69. The molecule has 0 spiro atoms. The Labute approximate surface area is 271 Å². The standard InChI is InChI=1S/C32H62O13/c1-3-5-11-36-15-17-38-19-21-40-23-25-42-27-29-44-31(33)9-7-13-35-14-8-10-32(34)45-30-28-43-26-24-41-22-20-39-18-16-37-12-6-4-2/h3-30H2,1-2H3. The molecule has 268 valence electrons. The third-order valence-electron chi connectivity index (χ3n) is 5.84. The van der Waals surface area contributed by atoms with Gasteiger partial charge in [-0.1, -0.05) is 26.7 Å². The van der Waals surface area contributed by atoms with Crippen molar-refractivity contribution in [2.75, 3.05) is 132 Å². The van der Waals surface area contributed by atoms with Crippen molar-refractivity contribution < 1.29 is 61.7 Å². The molecule has 0 aromatic rings. The van der Waals surface area contributed by atoms with Gasteiger partial charge in [0.15, 0.2) is 0 Å². The fourth-order valence-electron chi connectivity index (χ4n) is 3.33. The normalized spacial score (nSPS) is 11.2. The summed E-state index contributed by atoms with van der Waals surface area (Å²) in [6.45, 7) is 13.9. The van der Waals surface area contributed by atoms with Gasteiger partial charge < -0.3 is 52.1 Å². The molecular weight excluding hydrogens is 592 g/mol. The first-order valence-corrected chi connectivity index (χ1v) is 16.7. The Morgan fingerprint density at radius 3 is 0.822 bits per heavy atom. The van der Waals surface area contributed by atoms with Gasteiger partial charge in [-0.05, 0) is 25.7 Å². The lowest BCUT2D eigenvalue weighted by molar-refractivity contribution is -0.146. The van der Waals surface area contributed by atoms with Crippen LogP contribution in [0.25, 0.3) is 0 Å². The van der Waals surface area contributed by atoms with E-state index >= 15 is 0 Å². The van der Waals surface area contributed by atoms with E-state index in [1.807, 2.05) is 0 Å². The van der Waals surface area contributed by atoms with Crippen LogP contribution in [0.3, 0.4) is 0 Å². The summed E-state index contributed by atoms with van der Waals surface area (Å²) >= 11 is 0. The third kappa shape index (κ3) is 38.7. The Kier molecular flexibility index (Phi) is 37.5. The number of hydrogen-bond acceptors (Lipinski definition) is 13. The Morgan fingerprint density at radius 2 is 0.533 bits per heavy atom. The first-order valence-electron chi connectivity index (χ1n) is 16.7.